The Morgan fingerprint density at radius 3 is 2.33 bits per heavy atom. The molecule has 1 saturated heterocycles. The van der Waals surface area contributed by atoms with Gasteiger partial charge < -0.3 is 5.32 Å². The Labute approximate surface area is 129 Å². The Morgan fingerprint density at radius 1 is 1.10 bits per heavy atom. The van der Waals surface area contributed by atoms with Crippen LogP contribution in [0.3, 0.4) is 0 Å². The molecule has 0 radical (unpaired) electrons. The summed E-state index contributed by atoms with van der Waals surface area (Å²) in [6.07, 6.45) is 2.86. The second-order valence-electron chi connectivity index (χ2n) is 6.49. The maximum Gasteiger partial charge on any atom is 0.0475 e. The third-order valence-corrected chi connectivity index (χ3v) is 5.05. The molecule has 0 amide bonds. The van der Waals surface area contributed by atoms with Crippen LogP contribution in [-0.4, -0.2) is 54.6 Å². The van der Waals surface area contributed by atoms with Crippen molar-refractivity contribution >= 4 is 0 Å². The molecular formula is C18H29N3. The molecule has 21 heavy (non-hydrogen) atoms. The van der Waals surface area contributed by atoms with Gasteiger partial charge in [-0.25, -0.2) is 0 Å². The van der Waals surface area contributed by atoms with Crippen LogP contribution in [-0.2, 0) is 0 Å². The lowest BCUT2D eigenvalue weighted by Gasteiger charge is -2.41. The number of hydrogen-bond acceptors (Lipinski definition) is 3. The molecule has 1 saturated carbocycles. The molecule has 1 heterocycles. The van der Waals surface area contributed by atoms with E-state index < -0.39 is 0 Å². The predicted octanol–water partition coefficient (Wildman–Crippen LogP) is 2.51. The lowest BCUT2D eigenvalue weighted by atomic mass is 9.98. The van der Waals surface area contributed by atoms with E-state index in [9.17, 15) is 0 Å². The van der Waals surface area contributed by atoms with E-state index in [-0.39, 0.29) is 0 Å². The summed E-state index contributed by atoms with van der Waals surface area (Å²) < 4.78 is 0. The van der Waals surface area contributed by atoms with Crippen molar-refractivity contribution in [1.82, 2.24) is 15.1 Å². The Morgan fingerprint density at radius 2 is 1.76 bits per heavy atom. The molecule has 3 nitrogen and oxygen atoms in total. The van der Waals surface area contributed by atoms with Gasteiger partial charge in [-0.05, 0) is 31.9 Å². The van der Waals surface area contributed by atoms with Gasteiger partial charge in [0.2, 0.25) is 0 Å². The molecule has 0 spiro atoms. The van der Waals surface area contributed by atoms with Crippen molar-refractivity contribution in [2.45, 2.75) is 44.8 Å². The molecule has 116 valence electrons. The molecule has 1 aliphatic carbocycles. The number of benzene rings is 1. The van der Waals surface area contributed by atoms with Gasteiger partial charge in [0.1, 0.15) is 0 Å². The molecule has 1 aromatic rings. The van der Waals surface area contributed by atoms with E-state index in [2.05, 4.69) is 59.3 Å². The van der Waals surface area contributed by atoms with E-state index in [1.807, 2.05) is 0 Å². The summed E-state index contributed by atoms with van der Waals surface area (Å²) in [5, 5.41) is 3.69. The van der Waals surface area contributed by atoms with E-state index >= 15 is 0 Å². The number of likely N-dealkylation sites (N-methyl/N-ethyl adjacent to an activating group) is 1. The fourth-order valence-electron chi connectivity index (χ4n) is 3.61. The molecule has 1 N–H and O–H groups in total. The van der Waals surface area contributed by atoms with Crippen LogP contribution in [0.1, 0.15) is 38.3 Å². The minimum Gasteiger partial charge on any atom is -0.309 e. The Kier molecular flexibility index (Phi) is 4.94. The topological polar surface area (TPSA) is 18.5 Å². The molecule has 2 fully saturated rings. The van der Waals surface area contributed by atoms with Gasteiger partial charge in [0, 0.05) is 44.3 Å². The van der Waals surface area contributed by atoms with Crippen LogP contribution in [0.15, 0.2) is 30.3 Å². The molecule has 2 aliphatic rings. The number of nitrogens with zero attached hydrogens (tertiary/aromatic N) is 2. The molecule has 0 aromatic heterocycles. The fraction of sp³-hybridized carbons (Fsp3) is 0.667. The number of nitrogens with one attached hydrogen (secondary N) is 1. The van der Waals surface area contributed by atoms with Crippen molar-refractivity contribution in [1.29, 1.82) is 0 Å². The second kappa shape index (κ2) is 6.91. The first-order chi connectivity index (χ1) is 10.3. The van der Waals surface area contributed by atoms with Gasteiger partial charge in [0.05, 0.1) is 0 Å². The summed E-state index contributed by atoms with van der Waals surface area (Å²) in [4.78, 5) is 5.35. The molecule has 2 atom stereocenters. The predicted molar refractivity (Wildman–Crippen MR) is 88.5 cm³/mol. The number of hydrogen-bond donors (Lipinski definition) is 1. The molecule has 2 unspecified atom stereocenters. The third kappa shape index (κ3) is 3.65. The SMILES string of the molecule is CCNC(c1ccccc1)C(C)N1CCN(C2CC2)CC1. The van der Waals surface area contributed by atoms with E-state index in [1.54, 1.807) is 0 Å². The van der Waals surface area contributed by atoms with Crippen molar-refractivity contribution < 1.29 is 0 Å². The molecular weight excluding hydrogens is 258 g/mol. The van der Waals surface area contributed by atoms with Crippen molar-refractivity contribution in [3.63, 3.8) is 0 Å². The maximum absolute atomic E-state index is 3.69. The van der Waals surface area contributed by atoms with E-state index in [4.69, 9.17) is 0 Å². The van der Waals surface area contributed by atoms with E-state index in [0.29, 0.717) is 12.1 Å². The zero-order valence-corrected chi connectivity index (χ0v) is 13.5. The van der Waals surface area contributed by atoms with E-state index in [0.717, 1.165) is 12.6 Å². The maximum atomic E-state index is 3.69. The first-order valence-corrected chi connectivity index (χ1v) is 8.56. The summed E-state index contributed by atoms with van der Waals surface area (Å²) in [6, 6.07) is 12.8. The molecule has 0 bridgehead atoms. The fourth-order valence-corrected chi connectivity index (χ4v) is 3.61. The van der Waals surface area contributed by atoms with Crippen LogP contribution in [0.4, 0.5) is 0 Å². The van der Waals surface area contributed by atoms with Gasteiger partial charge in [-0.2, -0.15) is 0 Å². The minimum atomic E-state index is 0.434. The number of piperazine rings is 1. The molecule has 3 heteroatoms. The van der Waals surface area contributed by atoms with Crippen molar-refractivity contribution in [2.24, 2.45) is 0 Å². The van der Waals surface area contributed by atoms with Crippen LogP contribution < -0.4 is 5.32 Å². The first-order valence-electron chi connectivity index (χ1n) is 8.56. The average Bonchev–Trinajstić information content (AvgIpc) is 3.38. The summed E-state index contributed by atoms with van der Waals surface area (Å²) in [5.41, 5.74) is 1.41. The lowest BCUT2D eigenvalue weighted by molar-refractivity contribution is 0.0817. The van der Waals surface area contributed by atoms with E-state index in [1.165, 1.54) is 44.6 Å². The highest BCUT2D eigenvalue weighted by Crippen LogP contribution is 2.29. The van der Waals surface area contributed by atoms with Gasteiger partial charge in [-0.15, -0.1) is 0 Å². The first kappa shape index (κ1) is 15.0. The highest BCUT2D eigenvalue weighted by atomic mass is 15.3. The van der Waals surface area contributed by atoms with Crippen LogP contribution in [0.25, 0.3) is 0 Å². The smallest absolute Gasteiger partial charge is 0.0475 e. The third-order valence-electron chi connectivity index (χ3n) is 5.05. The Balaban J connectivity index is 1.62. The Bertz CT molecular complexity index is 421. The Hall–Kier alpha value is -0.900. The highest BCUT2D eigenvalue weighted by Gasteiger charge is 2.33. The second-order valence-corrected chi connectivity index (χ2v) is 6.49. The summed E-state index contributed by atoms with van der Waals surface area (Å²) >= 11 is 0. The average molecular weight is 287 g/mol. The monoisotopic (exact) mass is 287 g/mol. The summed E-state index contributed by atoms with van der Waals surface area (Å²) in [5.74, 6) is 0. The van der Waals surface area contributed by atoms with Crippen LogP contribution in [0.5, 0.6) is 0 Å². The molecule has 3 rings (SSSR count). The van der Waals surface area contributed by atoms with Gasteiger partial charge in [-0.3, -0.25) is 9.80 Å². The van der Waals surface area contributed by atoms with Gasteiger partial charge in [0.25, 0.3) is 0 Å². The van der Waals surface area contributed by atoms with Gasteiger partial charge in [0.15, 0.2) is 0 Å². The molecule has 1 aromatic carbocycles. The quantitative estimate of drug-likeness (QED) is 0.867. The summed E-state index contributed by atoms with van der Waals surface area (Å²) in [7, 11) is 0. The van der Waals surface area contributed by atoms with Crippen molar-refractivity contribution in [3.8, 4) is 0 Å². The largest absolute Gasteiger partial charge is 0.309 e. The van der Waals surface area contributed by atoms with Crippen molar-refractivity contribution in [2.75, 3.05) is 32.7 Å². The highest BCUT2D eigenvalue weighted by molar-refractivity contribution is 5.20. The van der Waals surface area contributed by atoms with Crippen LogP contribution in [0.2, 0.25) is 0 Å². The lowest BCUT2D eigenvalue weighted by Crippen LogP contribution is -2.53. The van der Waals surface area contributed by atoms with Gasteiger partial charge in [-0.1, -0.05) is 37.3 Å². The van der Waals surface area contributed by atoms with Crippen LogP contribution >= 0.6 is 0 Å². The zero-order chi connectivity index (χ0) is 14.7. The van der Waals surface area contributed by atoms with Crippen molar-refractivity contribution in [3.05, 3.63) is 35.9 Å². The van der Waals surface area contributed by atoms with Gasteiger partial charge >= 0.3 is 0 Å². The standard InChI is InChI=1S/C18H29N3/c1-3-19-18(16-7-5-4-6-8-16)15(2)20-11-13-21(14-12-20)17-9-10-17/h4-8,15,17-19H,3,9-14H2,1-2H3. The normalized spacial score (nSPS) is 23.9. The minimum absolute atomic E-state index is 0.434. The summed E-state index contributed by atoms with van der Waals surface area (Å²) in [6.45, 7) is 10.5. The van der Waals surface area contributed by atoms with Crippen LogP contribution in [0, 0.1) is 0 Å². The molecule has 1 aliphatic heterocycles. The number of rotatable bonds is 6. The zero-order valence-electron chi connectivity index (χ0n) is 13.5.